The molecule has 0 spiro atoms. The summed E-state index contributed by atoms with van der Waals surface area (Å²) in [5.74, 6) is -0.184. The van der Waals surface area contributed by atoms with Crippen LogP contribution in [0.1, 0.15) is 11.3 Å². The lowest BCUT2D eigenvalue weighted by Gasteiger charge is -1.95. The van der Waals surface area contributed by atoms with Crippen molar-refractivity contribution in [3.05, 3.63) is 47.2 Å². The number of hydrogen-bond acceptors (Lipinski definition) is 4. The molecule has 1 N–H and O–H groups in total. The van der Waals surface area contributed by atoms with E-state index >= 15 is 0 Å². The van der Waals surface area contributed by atoms with Crippen LogP contribution < -0.4 is 5.32 Å². The average molecular weight is 245 g/mol. The number of rotatable bonds is 3. The monoisotopic (exact) mass is 245 g/mol. The molecule has 0 saturated heterocycles. The minimum atomic E-state index is -0.184. The fourth-order valence-electron chi connectivity index (χ4n) is 1.20. The van der Waals surface area contributed by atoms with Crippen LogP contribution in [-0.4, -0.2) is 15.9 Å². The van der Waals surface area contributed by atoms with Gasteiger partial charge in [0.25, 0.3) is 0 Å². The van der Waals surface area contributed by atoms with Gasteiger partial charge in [0, 0.05) is 23.8 Å². The maximum atomic E-state index is 11.5. The maximum absolute atomic E-state index is 11.5. The molecule has 2 heterocycles. The van der Waals surface area contributed by atoms with Crippen molar-refractivity contribution in [2.24, 2.45) is 0 Å². The molecular formula is C12H11N3OS. The Kier molecular flexibility index (Phi) is 3.62. The summed E-state index contributed by atoms with van der Waals surface area (Å²) in [5, 5.41) is 5.21. The van der Waals surface area contributed by atoms with Crippen LogP contribution in [0.25, 0.3) is 6.08 Å². The summed E-state index contributed by atoms with van der Waals surface area (Å²) < 4.78 is 0. The van der Waals surface area contributed by atoms with Gasteiger partial charge < -0.3 is 0 Å². The number of thiazole rings is 1. The van der Waals surface area contributed by atoms with E-state index in [0.717, 1.165) is 11.3 Å². The summed E-state index contributed by atoms with van der Waals surface area (Å²) >= 11 is 1.41. The van der Waals surface area contributed by atoms with E-state index in [9.17, 15) is 4.79 Å². The highest BCUT2D eigenvalue weighted by atomic mass is 32.1. The van der Waals surface area contributed by atoms with Crippen molar-refractivity contribution in [3.8, 4) is 0 Å². The Bertz CT molecular complexity index is 534. The zero-order valence-corrected chi connectivity index (χ0v) is 10.1. The molecule has 0 bridgehead atoms. The molecule has 5 heteroatoms. The van der Waals surface area contributed by atoms with Gasteiger partial charge in [-0.25, -0.2) is 4.98 Å². The first kappa shape index (κ1) is 11.5. The Morgan fingerprint density at radius 1 is 1.41 bits per heavy atom. The predicted molar refractivity (Wildman–Crippen MR) is 68.8 cm³/mol. The predicted octanol–water partition coefficient (Wildman–Crippen LogP) is 2.50. The van der Waals surface area contributed by atoms with Gasteiger partial charge in [-0.1, -0.05) is 0 Å². The van der Waals surface area contributed by atoms with Crippen LogP contribution in [-0.2, 0) is 4.79 Å². The minimum absolute atomic E-state index is 0.184. The normalized spacial score (nSPS) is 10.6. The molecule has 17 heavy (non-hydrogen) atoms. The van der Waals surface area contributed by atoms with Crippen molar-refractivity contribution >= 4 is 28.5 Å². The van der Waals surface area contributed by atoms with Crippen molar-refractivity contribution in [2.75, 3.05) is 5.32 Å². The van der Waals surface area contributed by atoms with Crippen LogP contribution in [0, 0.1) is 6.92 Å². The fraction of sp³-hybridized carbons (Fsp3) is 0.0833. The van der Waals surface area contributed by atoms with E-state index in [1.165, 1.54) is 17.4 Å². The van der Waals surface area contributed by atoms with Gasteiger partial charge >= 0.3 is 0 Å². The van der Waals surface area contributed by atoms with Gasteiger partial charge in [0.05, 0.1) is 5.69 Å². The van der Waals surface area contributed by atoms with E-state index in [1.807, 2.05) is 24.4 Å². The molecule has 0 aliphatic rings. The van der Waals surface area contributed by atoms with E-state index < -0.39 is 0 Å². The molecule has 0 fully saturated rings. The Morgan fingerprint density at radius 3 is 2.82 bits per heavy atom. The summed E-state index contributed by atoms with van der Waals surface area (Å²) in [6.45, 7) is 1.89. The summed E-state index contributed by atoms with van der Waals surface area (Å²) in [6.07, 6.45) is 6.58. The van der Waals surface area contributed by atoms with Crippen molar-refractivity contribution in [1.82, 2.24) is 9.97 Å². The Balaban J connectivity index is 1.96. The van der Waals surface area contributed by atoms with Gasteiger partial charge in [-0.3, -0.25) is 15.1 Å². The number of carbonyl (C=O) groups excluding carboxylic acids is 1. The number of nitrogens with one attached hydrogen (secondary N) is 1. The molecule has 4 nitrogen and oxygen atoms in total. The van der Waals surface area contributed by atoms with E-state index in [0.29, 0.717) is 5.13 Å². The number of aryl methyl sites for hydroxylation is 1. The lowest BCUT2D eigenvalue weighted by atomic mass is 10.2. The summed E-state index contributed by atoms with van der Waals surface area (Å²) in [6, 6.07) is 3.66. The van der Waals surface area contributed by atoms with Crippen molar-refractivity contribution in [2.45, 2.75) is 6.92 Å². The van der Waals surface area contributed by atoms with Crippen LogP contribution in [0.5, 0.6) is 0 Å². The molecule has 86 valence electrons. The maximum Gasteiger partial charge on any atom is 0.250 e. The quantitative estimate of drug-likeness (QED) is 0.845. The molecule has 1 amide bonds. The highest BCUT2D eigenvalue weighted by Gasteiger charge is 2.01. The third-order valence-corrected chi connectivity index (χ3v) is 2.86. The first-order valence-electron chi connectivity index (χ1n) is 5.05. The second kappa shape index (κ2) is 5.36. The number of hydrogen-bond donors (Lipinski definition) is 1. The van der Waals surface area contributed by atoms with Crippen LogP contribution in [0.4, 0.5) is 5.13 Å². The van der Waals surface area contributed by atoms with E-state index in [-0.39, 0.29) is 5.91 Å². The highest BCUT2D eigenvalue weighted by molar-refractivity contribution is 7.13. The van der Waals surface area contributed by atoms with Crippen LogP contribution in [0.15, 0.2) is 36.0 Å². The zero-order valence-electron chi connectivity index (χ0n) is 9.25. The number of pyridine rings is 1. The van der Waals surface area contributed by atoms with E-state index in [4.69, 9.17) is 0 Å². The van der Waals surface area contributed by atoms with Crippen LogP contribution in [0.2, 0.25) is 0 Å². The zero-order chi connectivity index (χ0) is 12.1. The molecule has 0 aliphatic heterocycles. The lowest BCUT2D eigenvalue weighted by molar-refractivity contribution is -0.111. The summed E-state index contributed by atoms with van der Waals surface area (Å²) in [7, 11) is 0. The van der Waals surface area contributed by atoms with Crippen LogP contribution in [0.3, 0.4) is 0 Å². The van der Waals surface area contributed by atoms with Gasteiger partial charge in [-0.05, 0) is 30.7 Å². The molecule has 0 atom stereocenters. The lowest BCUT2D eigenvalue weighted by Crippen LogP contribution is -2.07. The van der Waals surface area contributed by atoms with Crippen molar-refractivity contribution in [1.29, 1.82) is 0 Å². The van der Waals surface area contributed by atoms with Gasteiger partial charge in [0.1, 0.15) is 0 Å². The molecule has 0 radical (unpaired) electrons. The standard InChI is InChI=1S/C12H11N3OS/c1-9-8-17-12(14-9)15-11(16)3-2-10-4-6-13-7-5-10/h2-8H,1H3,(H,14,15,16). The third-order valence-electron chi connectivity index (χ3n) is 1.98. The molecule has 0 unspecified atom stereocenters. The number of anilines is 1. The first-order chi connectivity index (χ1) is 8.24. The molecule has 0 aliphatic carbocycles. The molecular weight excluding hydrogens is 234 g/mol. The van der Waals surface area contributed by atoms with Gasteiger partial charge in [0.2, 0.25) is 5.91 Å². The molecule has 0 saturated carbocycles. The minimum Gasteiger partial charge on any atom is -0.298 e. The molecule has 2 aromatic heterocycles. The van der Waals surface area contributed by atoms with Crippen molar-refractivity contribution < 1.29 is 4.79 Å². The highest BCUT2D eigenvalue weighted by Crippen LogP contribution is 2.14. The number of amides is 1. The second-order valence-corrected chi connectivity index (χ2v) is 4.26. The number of aromatic nitrogens is 2. The van der Waals surface area contributed by atoms with Gasteiger partial charge in [-0.2, -0.15) is 0 Å². The number of carbonyl (C=O) groups is 1. The topological polar surface area (TPSA) is 54.9 Å². The Morgan fingerprint density at radius 2 is 2.18 bits per heavy atom. The first-order valence-corrected chi connectivity index (χ1v) is 5.93. The third kappa shape index (κ3) is 3.49. The summed E-state index contributed by atoms with van der Waals surface area (Å²) in [5.41, 5.74) is 1.84. The fourth-order valence-corrected chi connectivity index (χ4v) is 1.90. The number of nitrogens with zero attached hydrogens (tertiary/aromatic N) is 2. The SMILES string of the molecule is Cc1csc(NC(=O)C=Cc2ccncc2)n1. The van der Waals surface area contributed by atoms with E-state index in [2.05, 4.69) is 15.3 Å². The molecule has 2 aromatic rings. The van der Waals surface area contributed by atoms with Crippen LogP contribution >= 0.6 is 11.3 Å². The van der Waals surface area contributed by atoms with Gasteiger partial charge in [0.15, 0.2) is 5.13 Å². The molecule has 2 rings (SSSR count). The van der Waals surface area contributed by atoms with Gasteiger partial charge in [-0.15, -0.1) is 11.3 Å². The van der Waals surface area contributed by atoms with Crippen molar-refractivity contribution in [3.63, 3.8) is 0 Å². The average Bonchev–Trinajstić information content (AvgIpc) is 2.73. The largest absolute Gasteiger partial charge is 0.298 e. The smallest absolute Gasteiger partial charge is 0.250 e. The Labute approximate surface area is 103 Å². The van der Waals surface area contributed by atoms with E-state index in [1.54, 1.807) is 18.5 Å². The summed E-state index contributed by atoms with van der Waals surface area (Å²) in [4.78, 5) is 19.6. The molecule has 0 aromatic carbocycles. The second-order valence-electron chi connectivity index (χ2n) is 3.40. The Hall–Kier alpha value is -2.01.